The van der Waals surface area contributed by atoms with Crippen molar-refractivity contribution in [3.05, 3.63) is 65.5 Å². The molecule has 1 N–H and O–H groups in total. The van der Waals surface area contributed by atoms with E-state index in [-0.39, 0.29) is 5.91 Å². The molecule has 23 heavy (non-hydrogen) atoms. The molecule has 1 amide bonds. The summed E-state index contributed by atoms with van der Waals surface area (Å²) in [6.45, 7) is 3.02. The van der Waals surface area contributed by atoms with Crippen molar-refractivity contribution in [3.8, 4) is 5.69 Å². The molecule has 3 aromatic rings. The second kappa shape index (κ2) is 6.66. The minimum absolute atomic E-state index is 0.136. The average Bonchev–Trinajstić information content (AvgIpc) is 3.17. The van der Waals surface area contributed by atoms with Crippen LogP contribution in [-0.2, 0) is 6.54 Å². The number of hydrogen-bond acceptors (Lipinski definition) is 3. The van der Waals surface area contributed by atoms with Gasteiger partial charge in [-0.3, -0.25) is 4.79 Å². The van der Waals surface area contributed by atoms with E-state index < -0.39 is 0 Å². The number of hydrogen-bond donors (Lipinski definition) is 1. The van der Waals surface area contributed by atoms with E-state index in [9.17, 15) is 4.79 Å². The van der Waals surface area contributed by atoms with Crippen LogP contribution in [0.25, 0.3) is 5.69 Å². The second-order valence-corrected chi connectivity index (χ2v) is 5.54. The van der Waals surface area contributed by atoms with Gasteiger partial charge in [-0.05, 0) is 31.2 Å². The molecule has 0 fully saturated rings. The molecule has 0 aliphatic carbocycles. The third-order valence-electron chi connectivity index (χ3n) is 3.45. The number of carbonyl (C=O) groups is 1. The van der Waals surface area contributed by atoms with Crippen molar-refractivity contribution in [1.29, 1.82) is 0 Å². The summed E-state index contributed by atoms with van der Waals surface area (Å²) < 4.78 is 3.58. The maximum Gasteiger partial charge on any atom is 0.254 e. The zero-order valence-corrected chi connectivity index (χ0v) is 13.4. The molecule has 0 bridgehead atoms. The normalized spacial score (nSPS) is 10.7. The van der Waals surface area contributed by atoms with Gasteiger partial charge in [-0.2, -0.15) is 5.10 Å². The highest BCUT2D eigenvalue weighted by Gasteiger charge is 2.13. The van der Waals surface area contributed by atoms with Crippen molar-refractivity contribution in [3.63, 3.8) is 0 Å². The van der Waals surface area contributed by atoms with Gasteiger partial charge < -0.3 is 9.88 Å². The summed E-state index contributed by atoms with van der Waals surface area (Å²) in [5.41, 5.74) is 2.10. The Hall–Kier alpha value is -2.60. The molecule has 0 aliphatic rings. The van der Waals surface area contributed by atoms with Crippen LogP contribution in [0.5, 0.6) is 0 Å². The molecule has 0 saturated heterocycles. The Bertz CT molecular complexity index is 793. The molecule has 2 aromatic heterocycles. The second-order valence-electron chi connectivity index (χ2n) is 5.11. The fourth-order valence-electron chi connectivity index (χ4n) is 2.22. The molecule has 3 rings (SSSR count). The maximum atomic E-state index is 12.3. The van der Waals surface area contributed by atoms with E-state index in [4.69, 9.17) is 11.6 Å². The van der Waals surface area contributed by atoms with Gasteiger partial charge in [0.25, 0.3) is 5.91 Å². The Labute approximate surface area is 138 Å². The Balaban J connectivity index is 1.67. The highest BCUT2D eigenvalue weighted by Crippen LogP contribution is 2.15. The maximum absolute atomic E-state index is 12.3. The summed E-state index contributed by atoms with van der Waals surface area (Å²) in [6, 6.07) is 7.29. The van der Waals surface area contributed by atoms with Crippen molar-refractivity contribution in [2.75, 3.05) is 6.54 Å². The van der Waals surface area contributed by atoms with Gasteiger partial charge in [-0.25, -0.2) is 9.67 Å². The van der Waals surface area contributed by atoms with Crippen LogP contribution in [0, 0.1) is 6.92 Å². The summed E-state index contributed by atoms with van der Waals surface area (Å²) in [4.78, 5) is 16.2. The highest BCUT2D eigenvalue weighted by atomic mass is 35.5. The Kier molecular flexibility index (Phi) is 4.43. The fraction of sp³-hybridized carbons (Fsp3) is 0.188. The minimum Gasteiger partial charge on any atom is -0.350 e. The molecule has 0 radical (unpaired) electrons. The van der Waals surface area contributed by atoms with Crippen molar-refractivity contribution in [2.24, 2.45) is 0 Å². The summed E-state index contributed by atoms with van der Waals surface area (Å²) in [5, 5.41) is 7.94. The van der Waals surface area contributed by atoms with Crippen LogP contribution in [0.15, 0.2) is 49.2 Å². The number of halogens is 1. The Morgan fingerprint density at radius 1 is 1.30 bits per heavy atom. The van der Waals surface area contributed by atoms with E-state index in [1.165, 1.54) is 0 Å². The molecule has 0 aliphatic heterocycles. The quantitative estimate of drug-likeness (QED) is 0.782. The molecule has 7 heteroatoms. The van der Waals surface area contributed by atoms with E-state index in [2.05, 4.69) is 15.4 Å². The first-order chi connectivity index (χ1) is 11.1. The van der Waals surface area contributed by atoms with Crippen LogP contribution in [-0.4, -0.2) is 31.8 Å². The lowest BCUT2D eigenvalue weighted by atomic mass is 10.2. The van der Waals surface area contributed by atoms with Gasteiger partial charge in [0.15, 0.2) is 0 Å². The number of nitrogens with one attached hydrogen (secondary N) is 1. The monoisotopic (exact) mass is 329 g/mol. The van der Waals surface area contributed by atoms with Gasteiger partial charge in [-0.1, -0.05) is 11.6 Å². The first-order valence-electron chi connectivity index (χ1n) is 7.19. The van der Waals surface area contributed by atoms with Crippen molar-refractivity contribution in [2.45, 2.75) is 13.5 Å². The minimum atomic E-state index is -0.136. The SMILES string of the molecule is Cc1nn(-c2ccc(Cl)cc2)cc1C(=O)NCCn1ccnc1. The number of benzene rings is 1. The number of aromatic nitrogens is 4. The van der Waals surface area contributed by atoms with Crippen LogP contribution < -0.4 is 5.32 Å². The topological polar surface area (TPSA) is 64.7 Å². The first kappa shape index (κ1) is 15.3. The van der Waals surface area contributed by atoms with Crippen LogP contribution in [0.4, 0.5) is 0 Å². The number of imidazole rings is 1. The highest BCUT2D eigenvalue weighted by molar-refractivity contribution is 6.30. The van der Waals surface area contributed by atoms with Gasteiger partial charge in [0, 0.05) is 36.7 Å². The van der Waals surface area contributed by atoms with E-state index in [1.807, 2.05) is 29.8 Å². The van der Waals surface area contributed by atoms with Crippen LogP contribution in [0.1, 0.15) is 16.1 Å². The van der Waals surface area contributed by atoms with Crippen molar-refractivity contribution >= 4 is 17.5 Å². The lowest BCUT2D eigenvalue weighted by molar-refractivity contribution is 0.0951. The van der Waals surface area contributed by atoms with Gasteiger partial charge in [-0.15, -0.1) is 0 Å². The standard InChI is InChI=1S/C16H16ClN5O/c1-12-15(16(23)19-7-9-21-8-6-18-11-21)10-22(20-12)14-4-2-13(17)3-5-14/h2-6,8,10-11H,7,9H2,1H3,(H,19,23). The predicted octanol–water partition coefficient (Wildman–Crippen LogP) is 2.46. The van der Waals surface area contributed by atoms with Crippen LogP contribution in [0.3, 0.4) is 0 Å². The lowest BCUT2D eigenvalue weighted by Crippen LogP contribution is -2.27. The van der Waals surface area contributed by atoms with Crippen molar-refractivity contribution < 1.29 is 4.79 Å². The number of rotatable bonds is 5. The molecule has 1 aromatic carbocycles. The molecular formula is C16H16ClN5O. The molecule has 118 valence electrons. The lowest BCUT2D eigenvalue weighted by Gasteiger charge is -2.04. The fourth-order valence-corrected chi connectivity index (χ4v) is 2.35. The molecule has 0 unspecified atom stereocenters. The molecule has 0 saturated carbocycles. The third kappa shape index (κ3) is 3.60. The van der Waals surface area contributed by atoms with Crippen molar-refractivity contribution in [1.82, 2.24) is 24.6 Å². The molecular weight excluding hydrogens is 314 g/mol. The van der Waals surface area contributed by atoms with Gasteiger partial charge in [0.05, 0.1) is 23.3 Å². The third-order valence-corrected chi connectivity index (χ3v) is 3.70. The smallest absolute Gasteiger partial charge is 0.254 e. The summed E-state index contributed by atoms with van der Waals surface area (Å²) in [7, 11) is 0. The number of carbonyl (C=O) groups excluding carboxylic acids is 1. The number of aryl methyl sites for hydroxylation is 1. The van der Waals surface area contributed by atoms with E-state index in [1.54, 1.807) is 35.5 Å². The van der Waals surface area contributed by atoms with Crippen LogP contribution in [0.2, 0.25) is 5.02 Å². The van der Waals surface area contributed by atoms with E-state index in [0.717, 1.165) is 5.69 Å². The van der Waals surface area contributed by atoms with Gasteiger partial charge in [0.1, 0.15) is 0 Å². The van der Waals surface area contributed by atoms with Crippen LogP contribution >= 0.6 is 11.6 Å². The summed E-state index contributed by atoms with van der Waals surface area (Å²) in [5.74, 6) is -0.136. The average molecular weight is 330 g/mol. The predicted molar refractivity (Wildman–Crippen MR) is 87.9 cm³/mol. The van der Waals surface area contributed by atoms with Gasteiger partial charge >= 0.3 is 0 Å². The Morgan fingerprint density at radius 2 is 2.09 bits per heavy atom. The molecule has 2 heterocycles. The van der Waals surface area contributed by atoms with E-state index >= 15 is 0 Å². The summed E-state index contributed by atoms with van der Waals surface area (Å²) in [6.07, 6.45) is 7.01. The summed E-state index contributed by atoms with van der Waals surface area (Å²) >= 11 is 5.89. The zero-order chi connectivity index (χ0) is 16.2. The zero-order valence-electron chi connectivity index (χ0n) is 12.6. The molecule has 0 spiro atoms. The largest absolute Gasteiger partial charge is 0.350 e. The number of nitrogens with zero attached hydrogens (tertiary/aromatic N) is 4. The number of amides is 1. The van der Waals surface area contributed by atoms with Gasteiger partial charge in [0.2, 0.25) is 0 Å². The molecule has 6 nitrogen and oxygen atoms in total. The molecule has 0 atom stereocenters. The van der Waals surface area contributed by atoms with E-state index in [0.29, 0.717) is 29.4 Å². The Morgan fingerprint density at radius 3 is 2.78 bits per heavy atom. The first-order valence-corrected chi connectivity index (χ1v) is 7.57.